The molecular formula is C26H31N3O7. The number of fused-ring (bicyclic) bond motifs is 3. The fourth-order valence-electron chi connectivity index (χ4n) is 7.02. The van der Waals surface area contributed by atoms with Crippen LogP contribution < -0.4 is 10.6 Å². The molecule has 0 radical (unpaired) electrons. The fraction of sp³-hybridized carbons (Fsp3) is 0.577. The summed E-state index contributed by atoms with van der Waals surface area (Å²) in [5.41, 5.74) is 4.19. The Morgan fingerprint density at radius 1 is 1.08 bits per heavy atom. The first-order valence-electron chi connectivity index (χ1n) is 12.4. The van der Waals surface area contributed by atoms with Gasteiger partial charge in [-0.2, -0.15) is 0 Å². The van der Waals surface area contributed by atoms with Crippen LogP contribution in [0.4, 0.5) is 5.69 Å². The van der Waals surface area contributed by atoms with Gasteiger partial charge in [-0.05, 0) is 69.8 Å². The van der Waals surface area contributed by atoms with Crippen molar-refractivity contribution in [1.82, 2.24) is 4.90 Å². The molecule has 0 bridgehead atoms. The van der Waals surface area contributed by atoms with Crippen LogP contribution in [0.2, 0.25) is 0 Å². The molecule has 3 unspecified atom stereocenters. The Hall–Kier alpha value is -3.11. The lowest BCUT2D eigenvalue weighted by atomic mass is 9.52. The molecule has 6 atom stereocenters. The largest absolute Gasteiger partial charge is 0.507 e. The Labute approximate surface area is 208 Å². The third-order valence-electron chi connectivity index (χ3n) is 8.62. The van der Waals surface area contributed by atoms with Gasteiger partial charge in [0.05, 0.1) is 17.5 Å². The number of anilines is 1. The molecule has 192 valence electrons. The maximum absolute atomic E-state index is 13.8. The number of aliphatic hydroxyl groups is 1. The summed E-state index contributed by atoms with van der Waals surface area (Å²) >= 11 is 0. The molecular weight excluding hydrogens is 466 g/mol. The zero-order valence-electron chi connectivity index (χ0n) is 20.4. The van der Waals surface area contributed by atoms with Crippen LogP contribution in [0.3, 0.4) is 0 Å². The molecule has 4 N–H and O–H groups in total. The highest BCUT2D eigenvalue weighted by atomic mass is 16.3. The van der Waals surface area contributed by atoms with E-state index < -0.39 is 64.4 Å². The van der Waals surface area contributed by atoms with E-state index in [1.54, 1.807) is 20.2 Å². The lowest BCUT2D eigenvalue weighted by Crippen LogP contribution is -2.74. The number of nitrogens with two attached hydrogens (primary N) is 1. The summed E-state index contributed by atoms with van der Waals surface area (Å²) in [6.45, 7) is 1.64. The van der Waals surface area contributed by atoms with Gasteiger partial charge in [0.2, 0.25) is 5.91 Å². The molecule has 0 aromatic heterocycles. The van der Waals surface area contributed by atoms with Crippen LogP contribution in [-0.4, -0.2) is 83.0 Å². The second-order valence-corrected chi connectivity index (χ2v) is 10.8. The van der Waals surface area contributed by atoms with Gasteiger partial charge >= 0.3 is 0 Å². The number of nitrogens with zero attached hydrogens (tertiary/aromatic N) is 2. The van der Waals surface area contributed by atoms with E-state index in [-0.39, 0.29) is 24.2 Å². The average molecular weight is 498 g/mol. The van der Waals surface area contributed by atoms with Crippen LogP contribution in [0.25, 0.3) is 0 Å². The first kappa shape index (κ1) is 24.6. The van der Waals surface area contributed by atoms with E-state index in [0.29, 0.717) is 5.56 Å². The second kappa shape index (κ2) is 8.48. The predicted molar refractivity (Wildman–Crippen MR) is 127 cm³/mol. The predicted octanol–water partition coefficient (Wildman–Crippen LogP) is -0.143. The number of piperidine rings is 1. The quantitative estimate of drug-likeness (QED) is 0.483. The number of phenols is 1. The molecule has 3 aliphatic carbocycles. The highest BCUT2D eigenvalue weighted by Crippen LogP contribution is 2.51. The van der Waals surface area contributed by atoms with Crippen molar-refractivity contribution in [3.05, 3.63) is 23.3 Å². The van der Waals surface area contributed by atoms with E-state index in [9.17, 15) is 34.2 Å². The molecule has 2 saturated carbocycles. The van der Waals surface area contributed by atoms with Crippen molar-refractivity contribution in [2.75, 3.05) is 32.1 Å². The number of phenolic OH excluding ortho intramolecular Hbond substituents is 1. The minimum absolute atomic E-state index is 0.0460. The number of hydrogen-bond acceptors (Lipinski definition) is 9. The van der Waals surface area contributed by atoms with Crippen LogP contribution in [0.1, 0.15) is 41.6 Å². The van der Waals surface area contributed by atoms with E-state index >= 15 is 0 Å². The van der Waals surface area contributed by atoms with Crippen molar-refractivity contribution < 1.29 is 34.2 Å². The minimum atomic E-state index is -2.70. The molecule has 0 spiro atoms. The van der Waals surface area contributed by atoms with E-state index in [0.717, 1.165) is 38.0 Å². The molecule has 1 aromatic carbocycles. The van der Waals surface area contributed by atoms with E-state index in [2.05, 4.69) is 4.90 Å². The molecule has 36 heavy (non-hydrogen) atoms. The highest BCUT2D eigenvalue weighted by Gasteiger charge is 2.69. The monoisotopic (exact) mass is 497 g/mol. The van der Waals surface area contributed by atoms with Crippen LogP contribution >= 0.6 is 0 Å². The highest BCUT2D eigenvalue weighted by molar-refractivity contribution is 6.32. The summed E-state index contributed by atoms with van der Waals surface area (Å²) < 4.78 is 0. The van der Waals surface area contributed by atoms with Crippen LogP contribution in [0, 0.1) is 23.7 Å². The van der Waals surface area contributed by atoms with Crippen molar-refractivity contribution in [3.8, 4) is 5.75 Å². The number of carbonyl (C=O) groups excluding carboxylic acids is 5. The number of aromatic hydroxyl groups is 1. The molecule has 1 aliphatic heterocycles. The van der Waals surface area contributed by atoms with Gasteiger partial charge in [0.15, 0.2) is 34.7 Å². The summed E-state index contributed by atoms with van der Waals surface area (Å²) in [5.74, 6) is -10.2. The number of likely N-dealkylation sites (N-methyl/N-ethyl adjacent to an activating group) is 1. The number of benzene rings is 1. The molecule has 1 saturated heterocycles. The number of carbonyl (C=O) groups is 5. The number of rotatable bonds is 3. The summed E-state index contributed by atoms with van der Waals surface area (Å²) in [6, 6.07) is 2.14. The SMILES string of the molecule is CN(C)C1C(=O)C(C(N)=O)C(=O)[C@]2(O)C(=O)C3C(=O)c4c(O)ccc(N5CCCCC5)c4C[C@@H]3C[C@H]12. The van der Waals surface area contributed by atoms with Crippen molar-refractivity contribution in [1.29, 1.82) is 0 Å². The zero-order valence-corrected chi connectivity index (χ0v) is 20.4. The normalized spacial score (nSPS) is 34.3. The Kier molecular flexibility index (Phi) is 5.79. The Morgan fingerprint density at radius 2 is 1.75 bits per heavy atom. The van der Waals surface area contributed by atoms with Crippen molar-refractivity contribution in [2.45, 2.75) is 43.7 Å². The first-order chi connectivity index (χ1) is 17.0. The van der Waals surface area contributed by atoms with Crippen LogP contribution in [-0.2, 0) is 25.6 Å². The molecule has 1 heterocycles. The van der Waals surface area contributed by atoms with Gasteiger partial charge in [-0.1, -0.05) is 0 Å². The van der Waals surface area contributed by atoms with E-state index in [4.69, 9.17) is 5.73 Å². The third kappa shape index (κ3) is 3.27. The number of hydrogen-bond donors (Lipinski definition) is 3. The third-order valence-corrected chi connectivity index (χ3v) is 8.62. The molecule has 3 fully saturated rings. The maximum Gasteiger partial charge on any atom is 0.235 e. The van der Waals surface area contributed by atoms with E-state index in [1.165, 1.54) is 11.0 Å². The van der Waals surface area contributed by atoms with Crippen molar-refractivity contribution >= 4 is 34.7 Å². The molecule has 10 nitrogen and oxygen atoms in total. The second-order valence-electron chi connectivity index (χ2n) is 10.8. The number of Topliss-reactive ketones (excluding diaryl/α,β-unsaturated/α-hetero) is 4. The summed E-state index contributed by atoms with van der Waals surface area (Å²) in [5, 5.41) is 22.3. The number of ketones is 4. The summed E-state index contributed by atoms with van der Waals surface area (Å²) in [4.78, 5) is 69.7. The summed E-state index contributed by atoms with van der Waals surface area (Å²) in [6.07, 6.45) is 3.48. The van der Waals surface area contributed by atoms with Crippen molar-refractivity contribution in [2.24, 2.45) is 29.4 Å². The van der Waals surface area contributed by atoms with Gasteiger partial charge in [0.25, 0.3) is 0 Å². The van der Waals surface area contributed by atoms with Gasteiger partial charge < -0.3 is 20.8 Å². The number of primary amides is 1. The lowest BCUT2D eigenvalue weighted by Gasteiger charge is -2.52. The molecule has 1 amide bonds. The standard InChI is InChI=1S/C26H31N3O7/c1-28(2)20-14-11-12-10-13-15(29-8-4-3-5-9-29)6-7-16(30)18(13)21(31)17(12)23(33)26(14,36)24(34)19(22(20)32)25(27)35/h6-7,12,14,17,19-20,30,36H,3-5,8-11H2,1-2H3,(H2,27,35)/t12-,14-,17?,19?,20?,26-/m1/s1. The molecule has 1 aromatic rings. The average Bonchev–Trinajstić information content (AvgIpc) is 2.81. The van der Waals surface area contributed by atoms with Gasteiger partial charge in [-0.15, -0.1) is 0 Å². The zero-order chi connectivity index (χ0) is 26.1. The van der Waals surface area contributed by atoms with Crippen LogP contribution in [0.15, 0.2) is 12.1 Å². The molecule has 10 heteroatoms. The van der Waals surface area contributed by atoms with E-state index in [1.807, 2.05) is 0 Å². The first-order valence-corrected chi connectivity index (χ1v) is 12.4. The Morgan fingerprint density at radius 3 is 2.36 bits per heavy atom. The van der Waals surface area contributed by atoms with Gasteiger partial charge in [0.1, 0.15) is 5.75 Å². The molecule has 4 aliphatic rings. The fourth-order valence-corrected chi connectivity index (χ4v) is 7.02. The summed E-state index contributed by atoms with van der Waals surface area (Å²) in [7, 11) is 3.14. The van der Waals surface area contributed by atoms with Gasteiger partial charge in [-0.3, -0.25) is 28.9 Å². The lowest BCUT2D eigenvalue weighted by molar-refractivity contribution is -0.181. The smallest absolute Gasteiger partial charge is 0.235 e. The Balaban J connectivity index is 1.62. The Bertz CT molecular complexity index is 1190. The minimum Gasteiger partial charge on any atom is -0.507 e. The van der Waals surface area contributed by atoms with Crippen LogP contribution in [0.5, 0.6) is 5.75 Å². The van der Waals surface area contributed by atoms with Gasteiger partial charge in [0, 0.05) is 24.7 Å². The maximum atomic E-state index is 13.8. The number of amides is 1. The van der Waals surface area contributed by atoms with Gasteiger partial charge in [-0.25, -0.2) is 0 Å². The van der Waals surface area contributed by atoms with Crippen molar-refractivity contribution in [3.63, 3.8) is 0 Å². The topological polar surface area (TPSA) is 158 Å². The molecule has 5 rings (SSSR count).